The first-order valence-electron chi connectivity index (χ1n) is 6.89. The Morgan fingerprint density at radius 3 is 2.53 bits per heavy atom. The Morgan fingerprint density at radius 2 is 1.74 bits per heavy atom. The molecule has 0 radical (unpaired) electrons. The van der Waals surface area contributed by atoms with Crippen molar-refractivity contribution in [3.05, 3.63) is 72.3 Å². The summed E-state index contributed by atoms with van der Waals surface area (Å²) in [6.45, 7) is 0. The van der Waals surface area contributed by atoms with E-state index in [-0.39, 0.29) is 0 Å². The molecule has 0 amide bonds. The molecule has 2 aromatic carbocycles. The van der Waals surface area contributed by atoms with Crippen molar-refractivity contribution in [2.45, 2.75) is 19.3 Å². The fourth-order valence-electron chi connectivity index (χ4n) is 2.05. The third-order valence-electron chi connectivity index (χ3n) is 3.26. The van der Waals surface area contributed by atoms with Gasteiger partial charge in [-0.25, -0.2) is 0 Å². The average molecular weight is 250 g/mol. The molecule has 0 atom stereocenters. The summed E-state index contributed by atoms with van der Waals surface area (Å²) in [6.07, 6.45) is 8.34. The van der Waals surface area contributed by atoms with Crippen molar-refractivity contribution in [2.75, 3.05) is 0 Å². The Hall–Kier alpha value is -2.02. The van der Waals surface area contributed by atoms with Crippen molar-refractivity contribution in [3.63, 3.8) is 0 Å². The lowest BCUT2D eigenvalue weighted by Crippen LogP contribution is -1.86. The lowest BCUT2D eigenvalue weighted by atomic mass is 10.1. The van der Waals surface area contributed by atoms with Crippen molar-refractivity contribution in [1.29, 1.82) is 0 Å². The number of rotatable bonds is 5. The highest BCUT2D eigenvalue weighted by atomic mass is 16.5. The van der Waals surface area contributed by atoms with Crippen LogP contribution in [0.1, 0.15) is 18.4 Å². The molecule has 1 aliphatic carbocycles. The lowest BCUT2D eigenvalue weighted by molar-refractivity contribution is 0.482. The van der Waals surface area contributed by atoms with E-state index in [4.69, 9.17) is 4.74 Å². The molecule has 0 heterocycles. The average Bonchev–Trinajstić information content (AvgIpc) is 3.25. The Kier molecular flexibility index (Phi) is 3.64. The molecule has 3 rings (SSSR count). The van der Waals surface area contributed by atoms with Crippen LogP contribution in [0.15, 0.2) is 66.7 Å². The van der Waals surface area contributed by atoms with Gasteiger partial charge < -0.3 is 4.74 Å². The van der Waals surface area contributed by atoms with Gasteiger partial charge in [-0.1, -0.05) is 42.5 Å². The molecule has 2 aromatic rings. The van der Waals surface area contributed by atoms with Gasteiger partial charge in [0.05, 0.1) is 0 Å². The monoisotopic (exact) mass is 250 g/mol. The van der Waals surface area contributed by atoms with Gasteiger partial charge in [0.1, 0.15) is 11.5 Å². The summed E-state index contributed by atoms with van der Waals surface area (Å²) in [5, 5.41) is 0. The molecule has 0 unspecified atom stereocenters. The van der Waals surface area contributed by atoms with Crippen molar-refractivity contribution in [1.82, 2.24) is 0 Å². The molecule has 0 bridgehead atoms. The minimum absolute atomic E-state index is 0.851. The minimum atomic E-state index is 0.851. The molecule has 0 saturated heterocycles. The SMILES string of the molecule is C(=C\C1CC1)/Cc1cccc(Oc2ccccc2)c1. The van der Waals surface area contributed by atoms with Crippen LogP contribution in [0, 0.1) is 5.92 Å². The predicted octanol–water partition coefficient (Wildman–Crippen LogP) is 4.99. The zero-order chi connectivity index (χ0) is 12.9. The summed E-state index contributed by atoms with van der Waals surface area (Å²) in [4.78, 5) is 0. The van der Waals surface area contributed by atoms with E-state index in [1.165, 1.54) is 18.4 Å². The zero-order valence-electron chi connectivity index (χ0n) is 11.0. The molecule has 1 aliphatic rings. The number of hydrogen-bond donors (Lipinski definition) is 0. The molecule has 0 spiro atoms. The zero-order valence-corrected chi connectivity index (χ0v) is 11.0. The van der Waals surface area contributed by atoms with Gasteiger partial charge in [0.15, 0.2) is 0 Å². The number of para-hydroxylation sites is 1. The molecule has 1 heteroatoms. The van der Waals surface area contributed by atoms with E-state index in [9.17, 15) is 0 Å². The maximum absolute atomic E-state index is 5.83. The molecule has 1 fully saturated rings. The summed E-state index contributed by atoms with van der Waals surface area (Å²) in [5.74, 6) is 2.64. The van der Waals surface area contributed by atoms with E-state index in [1.54, 1.807) is 0 Å². The van der Waals surface area contributed by atoms with Gasteiger partial charge in [-0.15, -0.1) is 0 Å². The second kappa shape index (κ2) is 5.75. The summed E-state index contributed by atoms with van der Waals surface area (Å²) < 4.78 is 5.83. The van der Waals surface area contributed by atoms with Crippen molar-refractivity contribution >= 4 is 0 Å². The Bertz CT molecular complexity index is 553. The first kappa shape index (κ1) is 12.0. The summed E-state index contributed by atoms with van der Waals surface area (Å²) >= 11 is 0. The van der Waals surface area contributed by atoms with E-state index in [0.29, 0.717) is 0 Å². The van der Waals surface area contributed by atoms with Crippen LogP contribution >= 0.6 is 0 Å². The predicted molar refractivity (Wildman–Crippen MR) is 78.5 cm³/mol. The van der Waals surface area contributed by atoms with Gasteiger partial charge in [0, 0.05) is 0 Å². The number of allylic oxidation sites excluding steroid dienone is 2. The molecule has 0 N–H and O–H groups in total. The van der Waals surface area contributed by atoms with Crippen LogP contribution in [0.4, 0.5) is 0 Å². The van der Waals surface area contributed by atoms with Crippen molar-refractivity contribution in [3.8, 4) is 11.5 Å². The van der Waals surface area contributed by atoms with E-state index in [1.807, 2.05) is 36.4 Å². The van der Waals surface area contributed by atoms with Gasteiger partial charge in [0.25, 0.3) is 0 Å². The van der Waals surface area contributed by atoms with Gasteiger partial charge in [0.2, 0.25) is 0 Å². The first-order chi connectivity index (χ1) is 9.40. The topological polar surface area (TPSA) is 9.23 Å². The molecule has 1 nitrogen and oxygen atoms in total. The maximum Gasteiger partial charge on any atom is 0.127 e. The van der Waals surface area contributed by atoms with Crippen molar-refractivity contribution in [2.24, 2.45) is 5.92 Å². The third kappa shape index (κ3) is 3.72. The molecule has 1 saturated carbocycles. The molecule has 0 aromatic heterocycles. The Morgan fingerprint density at radius 1 is 0.947 bits per heavy atom. The van der Waals surface area contributed by atoms with Crippen LogP contribution in [0.5, 0.6) is 11.5 Å². The van der Waals surface area contributed by atoms with Crippen LogP contribution < -0.4 is 4.74 Å². The smallest absolute Gasteiger partial charge is 0.127 e. The fraction of sp³-hybridized carbons (Fsp3) is 0.222. The molecule has 0 aliphatic heterocycles. The van der Waals surface area contributed by atoms with Crippen LogP contribution in [-0.2, 0) is 6.42 Å². The summed E-state index contributed by atoms with van der Waals surface area (Å²) in [6, 6.07) is 18.2. The minimum Gasteiger partial charge on any atom is -0.457 e. The van der Waals surface area contributed by atoms with E-state index >= 15 is 0 Å². The number of ether oxygens (including phenoxy) is 1. The standard InChI is InChI=1S/C18H18O/c1-2-9-17(10-3-1)19-18-11-5-8-16(14-18)7-4-6-15-12-13-15/h1-6,8-11,14-15H,7,12-13H2/b6-4+. The van der Waals surface area contributed by atoms with Gasteiger partial charge in [-0.05, 0) is 55.0 Å². The highest BCUT2D eigenvalue weighted by Crippen LogP contribution is 2.30. The number of benzene rings is 2. The Balaban J connectivity index is 1.65. The summed E-state index contributed by atoms with van der Waals surface area (Å²) in [7, 11) is 0. The van der Waals surface area contributed by atoms with Gasteiger partial charge >= 0.3 is 0 Å². The van der Waals surface area contributed by atoms with E-state index < -0.39 is 0 Å². The highest BCUT2D eigenvalue weighted by molar-refractivity contribution is 5.34. The lowest BCUT2D eigenvalue weighted by Gasteiger charge is -2.06. The first-order valence-corrected chi connectivity index (χ1v) is 6.89. The largest absolute Gasteiger partial charge is 0.457 e. The van der Waals surface area contributed by atoms with Crippen LogP contribution in [-0.4, -0.2) is 0 Å². The molecule has 96 valence electrons. The number of hydrogen-bond acceptors (Lipinski definition) is 1. The normalized spacial score (nSPS) is 14.7. The fourth-order valence-corrected chi connectivity index (χ4v) is 2.05. The van der Waals surface area contributed by atoms with Crippen molar-refractivity contribution < 1.29 is 4.74 Å². The second-order valence-corrected chi connectivity index (χ2v) is 5.03. The van der Waals surface area contributed by atoms with E-state index in [2.05, 4.69) is 30.4 Å². The van der Waals surface area contributed by atoms with E-state index in [0.717, 1.165) is 23.8 Å². The van der Waals surface area contributed by atoms with Crippen LogP contribution in [0.3, 0.4) is 0 Å². The van der Waals surface area contributed by atoms with Crippen LogP contribution in [0.2, 0.25) is 0 Å². The molecule has 19 heavy (non-hydrogen) atoms. The second-order valence-electron chi connectivity index (χ2n) is 5.03. The molecular formula is C18H18O. The third-order valence-corrected chi connectivity index (χ3v) is 3.26. The maximum atomic E-state index is 5.83. The molecular weight excluding hydrogens is 232 g/mol. The summed E-state index contributed by atoms with van der Waals surface area (Å²) in [5.41, 5.74) is 1.30. The highest BCUT2D eigenvalue weighted by Gasteiger charge is 2.16. The van der Waals surface area contributed by atoms with Crippen LogP contribution in [0.25, 0.3) is 0 Å². The Labute approximate surface area is 114 Å². The van der Waals surface area contributed by atoms with Gasteiger partial charge in [-0.2, -0.15) is 0 Å². The quantitative estimate of drug-likeness (QED) is 0.679. The van der Waals surface area contributed by atoms with Gasteiger partial charge in [-0.3, -0.25) is 0 Å².